The first kappa shape index (κ1) is 13.3. The molecule has 0 bridgehead atoms. The van der Waals surface area contributed by atoms with Gasteiger partial charge in [-0.25, -0.2) is 9.97 Å². The summed E-state index contributed by atoms with van der Waals surface area (Å²) in [6.07, 6.45) is 6.12. The molecular weight excluding hydrogens is 252 g/mol. The maximum absolute atomic E-state index is 10.9. The summed E-state index contributed by atoms with van der Waals surface area (Å²) in [4.78, 5) is 23.9. The Balaban J connectivity index is 1.70. The number of aryl methyl sites for hydroxylation is 1. The zero-order chi connectivity index (χ0) is 14.2. The number of anilines is 1. The predicted molar refractivity (Wildman–Crippen MR) is 77.6 cm³/mol. The third-order valence-corrected chi connectivity index (χ3v) is 5.05. The van der Waals surface area contributed by atoms with Crippen molar-refractivity contribution < 1.29 is 4.79 Å². The number of hydrogen-bond donors (Lipinski definition) is 0. The molecule has 0 atom stereocenters. The monoisotopic (exact) mass is 274 g/mol. The minimum atomic E-state index is 0.355. The number of amides is 1. The lowest BCUT2D eigenvalue weighted by Crippen LogP contribution is -2.42. The van der Waals surface area contributed by atoms with Crippen molar-refractivity contribution in [3.63, 3.8) is 0 Å². The molecule has 0 saturated carbocycles. The molecule has 2 aliphatic heterocycles. The number of carbonyl (C=O) groups is 1. The topological polar surface area (TPSA) is 49.3 Å². The van der Waals surface area contributed by atoms with Crippen LogP contribution in [0.2, 0.25) is 0 Å². The number of piperidine rings is 1. The van der Waals surface area contributed by atoms with E-state index in [1.54, 1.807) is 6.33 Å². The van der Waals surface area contributed by atoms with Crippen LogP contribution in [-0.2, 0) is 4.79 Å². The Morgan fingerprint density at radius 1 is 1.15 bits per heavy atom. The molecule has 2 aliphatic rings. The summed E-state index contributed by atoms with van der Waals surface area (Å²) in [7, 11) is 0. The van der Waals surface area contributed by atoms with Crippen molar-refractivity contribution in [1.29, 1.82) is 0 Å². The first-order valence-electron chi connectivity index (χ1n) is 7.36. The van der Waals surface area contributed by atoms with Crippen LogP contribution in [0.15, 0.2) is 6.33 Å². The lowest BCUT2D eigenvalue weighted by Gasteiger charge is -2.40. The van der Waals surface area contributed by atoms with Gasteiger partial charge in [-0.05, 0) is 38.5 Å². The van der Waals surface area contributed by atoms with E-state index >= 15 is 0 Å². The minimum absolute atomic E-state index is 0.355. The summed E-state index contributed by atoms with van der Waals surface area (Å²) in [5.41, 5.74) is 2.60. The maximum atomic E-state index is 10.9. The molecule has 108 valence electrons. The average molecular weight is 274 g/mol. The highest BCUT2D eigenvalue weighted by Gasteiger charge is 2.40. The van der Waals surface area contributed by atoms with Gasteiger partial charge < -0.3 is 9.80 Å². The molecular formula is C15H22N4O. The van der Waals surface area contributed by atoms with Crippen molar-refractivity contribution in [1.82, 2.24) is 14.9 Å². The molecule has 3 rings (SSSR count). The Kier molecular flexibility index (Phi) is 3.36. The van der Waals surface area contributed by atoms with Gasteiger partial charge in [0.25, 0.3) is 0 Å². The van der Waals surface area contributed by atoms with Crippen molar-refractivity contribution in [2.75, 3.05) is 31.1 Å². The van der Waals surface area contributed by atoms with Crippen molar-refractivity contribution in [3.05, 3.63) is 17.6 Å². The van der Waals surface area contributed by atoms with Crippen molar-refractivity contribution in [3.8, 4) is 0 Å². The Morgan fingerprint density at radius 3 is 2.50 bits per heavy atom. The fraction of sp³-hybridized carbons (Fsp3) is 0.667. The van der Waals surface area contributed by atoms with Gasteiger partial charge in [-0.3, -0.25) is 4.79 Å². The number of aromatic nitrogens is 2. The highest BCUT2D eigenvalue weighted by Crippen LogP contribution is 2.40. The van der Waals surface area contributed by atoms with Gasteiger partial charge in [0, 0.05) is 37.4 Å². The van der Waals surface area contributed by atoms with Crippen LogP contribution in [0.5, 0.6) is 0 Å². The van der Waals surface area contributed by atoms with E-state index in [4.69, 9.17) is 0 Å². The normalized spacial score (nSPS) is 21.5. The third-order valence-electron chi connectivity index (χ3n) is 5.05. The van der Waals surface area contributed by atoms with E-state index in [0.29, 0.717) is 5.41 Å². The van der Waals surface area contributed by atoms with Crippen LogP contribution in [0.25, 0.3) is 0 Å². The van der Waals surface area contributed by atoms with Gasteiger partial charge in [0.15, 0.2) is 0 Å². The Bertz CT molecular complexity index is 509. The molecule has 5 heteroatoms. The van der Waals surface area contributed by atoms with E-state index in [1.807, 2.05) is 11.8 Å². The number of rotatable bonds is 2. The largest absolute Gasteiger partial charge is 0.356 e. The Hall–Kier alpha value is -1.65. The molecule has 2 saturated heterocycles. The van der Waals surface area contributed by atoms with Crippen LogP contribution in [0.3, 0.4) is 0 Å². The van der Waals surface area contributed by atoms with Gasteiger partial charge in [-0.15, -0.1) is 0 Å². The second-order valence-electron chi connectivity index (χ2n) is 6.22. The number of carbonyl (C=O) groups excluding carboxylic acids is 1. The molecule has 0 radical (unpaired) electrons. The van der Waals surface area contributed by atoms with Crippen LogP contribution >= 0.6 is 0 Å². The van der Waals surface area contributed by atoms with E-state index in [2.05, 4.69) is 21.8 Å². The van der Waals surface area contributed by atoms with E-state index < -0.39 is 0 Å². The summed E-state index contributed by atoms with van der Waals surface area (Å²) in [5, 5.41) is 0. The van der Waals surface area contributed by atoms with Crippen LogP contribution < -0.4 is 4.90 Å². The van der Waals surface area contributed by atoms with Crippen molar-refractivity contribution >= 4 is 12.2 Å². The summed E-state index contributed by atoms with van der Waals surface area (Å²) in [6, 6.07) is 0. The van der Waals surface area contributed by atoms with Gasteiger partial charge in [-0.1, -0.05) is 0 Å². The number of nitrogens with zero attached hydrogens (tertiary/aromatic N) is 4. The number of likely N-dealkylation sites (tertiary alicyclic amines) is 1. The third kappa shape index (κ3) is 2.25. The van der Waals surface area contributed by atoms with E-state index in [0.717, 1.165) is 63.4 Å². The summed E-state index contributed by atoms with van der Waals surface area (Å²) < 4.78 is 0. The molecule has 2 fully saturated rings. The van der Waals surface area contributed by atoms with Crippen molar-refractivity contribution in [2.24, 2.45) is 5.41 Å². The molecule has 0 N–H and O–H groups in total. The van der Waals surface area contributed by atoms with Crippen LogP contribution in [0, 0.1) is 19.3 Å². The zero-order valence-electron chi connectivity index (χ0n) is 12.3. The highest BCUT2D eigenvalue weighted by atomic mass is 16.1. The van der Waals surface area contributed by atoms with Crippen LogP contribution in [-0.4, -0.2) is 47.5 Å². The zero-order valence-corrected chi connectivity index (χ0v) is 12.3. The molecule has 20 heavy (non-hydrogen) atoms. The first-order chi connectivity index (χ1) is 9.63. The average Bonchev–Trinajstić information content (AvgIpc) is 2.86. The fourth-order valence-electron chi connectivity index (χ4n) is 3.51. The standard InChI is InChI=1S/C15H22N4O/c1-12-13(2)16-10-17-14(12)19-7-4-15(5-8-19)3-6-18(9-15)11-20/h10-11H,3-9H2,1-2H3. The van der Waals surface area contributed by atoms with Gasteiger partial charge >= 0.3 is 0 Å². The molecule has 0 aliphatic carbocycles. The second-order valence-corrected chi connectivity index (χ2v) is 6.22. The predicted octanol–water partition coefficient (Wildman–Crippen LogP) is 1.54. The van der Waals surface area contributed by atoms with Crippen molar-refractivity contribution in [2.45, 2.75) is 33.1 Å². The van der Waals surface area contributed by atoms with E-state index in [1.165, 1.54) is 5.56 Å². The molecule has 1 spiro atoms. The molecule has 1 aromatic heterocycles. The molecule has 3 heterocycles. The molecule has 1 aromatic rings. The van der Waals surface area contributed by atoms with Gasteiger partial charge in [0.05, 0.1) is 0 Å². The SMILES string of the molecule is Cc1ncnc(N2CCC3(CCN(C=O)C3)CC2)c1C. The quantitative estimate of drug-likeness (QED) is 0.768. The summed E-state index contributed by atoms with van der Waals surface area (Å²) >= 11 is 0. The molecule has 1 amide bonds. The summed E-state index contributed by atoms with van der Waals surface area (Å²) in [5.74, 6) is 1.08. The fourth-order valence-corrected chi connectivity index (χ4v) is 3.51. The van der Waals surface area contributed by atoms with E-state index in [9.17, 15) is 4.79 Å². The van der Waals surface area contributed by atoms with Gasteiger partial charge in [0.2, 0.25) is 6.41 Å². The maximum Gasteiger partial charge on any atom is 0.209 e. The first-order valence-corrected chi connectivity index (χ1v) is 7.36. The van der Waals surface area contributed by atoms with Crippen LogP contribution in [0.4, 0.5) is 5.82 Å². The lowest BCUT2D eigenvalue weighted by atomic mass is 9.78. The molecule has 0 aromatic carbocycles. The molecule has 5 nitrogen and oxygen atoms in total. The van der Waals surface area contributed by atoms with Crippen LogP contribution in [0.1, 0.15) is 30.5 Å². The van der Waals surface area contributed by atoms with E-state index in [-0.39, 0.29) is 0 Å². The molecule has 0 unspecified atom stereocenters. The lowest BCUT2D eigenvalue weighted by molar-refractivity contribution is -0.117. The smallest absolute Gasteiger partial charge is 0.209 e. The van der Waals surface area contributed by atoms with Gasteiger partial charge in [-0.2, -0.15) is 0 Å². The number of hydrogen-bond acceptors (Lipinski definition) is 4. The Morgan fingerprint density at radius 2 is 1.85 bits per heavy atom. The summed E-state index contributed by atoms with van der Waals surface area (Å²) in [6.45, 7) is 8.05. The second kappa shape index (κ2) is 5.04. The van der Waals surface area contributed by atoms with Gasteiger partial charge in [0.1, 0.15) is 12.1 Å². The minimum Gasteiger partial charge on any atom is -0.356 e. The highest BCUT2D eigenvalue weighted by molar-refractivity contribution is 5.49. The Labute approximate surface area is 120 Å².